The van der Waals surface area contributed by atoms with Crippen molar-refractivity contribution in [2.75, 3.05) is 7.11 Å². The van der Waals surface area contributed by atoms with Crippen LogP contribution in [0.3, 0.4) is 0 Å². The van der Waals surface area contributed by atoms with Gasteiger partial charge in [0.1, 0.15) is 6.61 Å². The zero-order chi connectivity index (χ0) is 22.5. The highest BCUT2D eigenvalue weighted by atomic mass is 16.5. The van der Waals surface area contributed by atoms with E-state index in [0.29, 0.717) is 34.9 Å². The molecule has 3 aromatic carbocycles. The number of nitrogens with one attached hydrogen (secondary N) is 2. The number of rotatable bonds is 7. The van der Waals surface area contributed by atoms with Crippen LogP contribution in [0.25, 0.3) is 0 Å². The van der Waals surface area contributed by atoms with Crippen molar-refractivity contribution in [2.45, 2.75) is 19.6 Å². The summed E-state index contributed by atoms with van der Waals surface area (Å²) in [4.78, 5) is 25.6. The van der Waals surface area contributed by atoms with Gasteiger partial charge in [-0.15, -0.1) is 0 Å². The van der Waals surface area contributed by atoms with E-state index in [1.165, 1.54) is 0 Å². The first-order valence-corrected chi connectivity index (χ1v) is 10.3. The molecule has 32 heavy (non-hydrogen) atoms. The Morgan fingerprint density at radius 1 is 0.938 bits per heavy atom. The number of Topliss-reactive ketones (excluding diaryl/α,β-unsaturated/α-hetero) is 1. The van der Waals surface area contributed by atoms with E-state index in [2.05, 4.69) is 10.6 Å². The van der Waals surface area contributed by atoms with Crippen molar-refractivity contribution < 1.29 is 19.1 Å². The summed E-state index contributed by atoms with van der Waals surface area (Å²) in [5.41, 5.74) is 3.30. The molecule has 0 bridgehead atoms. The third-order valence-electron chi connectivity index (χ3n) is 5.31. The Kier molecular flexibility index (Phi) is 6.22. The number of urea groups is 1. The van der Waals surface area contributed by atoms with Crippen LogP contribution in [-0.4, -0.2) is 18.9 Å². The van der Waals surface area contributed by atoms with E-state index in [1.807, 2.05) is 60.7 Å². The minimum absolute atomic E-state index is 0.150. The summed E-state index contributed by atoms with van der Waals surface area (Å²) in [6.07, 6.45) is 0. The van der Waals surface area contributed by atoms with Crippen LogP contribution < -0.4 is 20.1 Å². The second-order valence-electron chi connectivity index (χ2n) is 7.45. The number of methoxy groups -OCH3 is 1. The first kappa shape index (κ1) is 21.2. The zero-order valence-electron chi connectivity index (χ0n) is 17.9. The molecule has 0 radical (unpaired) electrons. The van der Waals surface area contributed by atoms with Crippen LogP contribution in [0.2, 0.25) is 0 Å². The number of hydrogen-bond donors (Lipinski definition) is 2. The van der Waals surface area contributed by atoms with Crippen LogP contribution in [0.1, 0.15) is 34.5 Å². The van der Waals surface area contributed by atoms with Gasteiger partial charge in [0.25, 0.3) is 0 Å². The van der Waals surface area contributed by atoms with Gasteiger partial charge in [-0.3, -0.25) is 4.79 Å². The molecule has 1 atom stereocenters. The normalized spacial score (nSPS) is 15.6. The average Bonchev–Trinajstić information content (AvgIpc) is 2.83. The highest BCUT2D eigenvalue weighted by Crippen LogP contribution is 2.35. The van der Waals surface area contributed by atoms with E-state index in [1.54, 1.807) is 32.2 Å². The van der Waals surface area contributed by atoms with Crippen molar-refractivity contribution in [1.82, 2.24) is 10.6 Å². The predicted molar refractivity (Wildman–Crippen MR) is 122 cm³/mol. The van der Waals surface area contributed by atoms with Gasteiger partial charge in [0.05, 0.1) is 13.2 Å². The lowest BCUT2D eigenvalue weighted by Crippen LogP contribution is -2.45. The lowest BCUT2D eigenvalue weighted by Gasteiger charge is -2.29. The zero-order valence-corrected chi connectivity index (χ0v) is 17.9. The van der Waals surface area contributed by atoms with Crippen LogP contribution in [0.15, 0.2) is 90.1 Å². The van der Waals surface area contributed by atoms with Gasteiger partial charge < -0.3 is 20.1 Å². The van der Waals surface area contributed by atoms with Crippen LogP contribution in [0.5, 0.6) is 11.5 Å². The van der Waals surface area contributed by atoms with Crippen molar-refractivity contribution in [3.8, 4) is 11.5 Å². The third kappa shape index (κ3) is 4.49. The Morgan fingerprint density at radius 3 is 2.31 bits per heavy atom. The predicted octanol–water partition coefficient (Wildman–Crippen LogP) is 4.79. The summed E-state index contributed by atoms with van der Waals surface area (Å²) in [7, 11) is 1.57. The fraction of sp³-hybridized carbons (Fsp3) is 0.154. The van der Waals surface area contributed by atoms with Crippen LogP contribution >= 0.6 is 0 Å². The van der Waals surface area contributed by atoms with Gasteiger partial charge in [-0.05, 0) is 30.2 Å². The maximum absolute atomic E-state index is 13.3. The minimum Gasteiger partial charge on any atom is -0.493 e. The van der Waals surface area contributed by atoms with Crippen LogP contribution in [-0.2, 0) is 6.61 Å². The molecule has 0 fully saturated rings. The van der Waals surface area contributed by atoms with Crippen molar-refractivity contribution >= 4 is 11.8 Å². The molecule has 0 unspecified atom stereocenters. The largest absolute Gasteiger partial charge is 0.493 e. The third-order valence-corrected chi connectivity index (χ3v) is 5.31. The molecule has 1 aliphatic rings. The molecular formula is C26H24N2O4. The van der Waals surface area contributed by atoms with Gasteiger partial charge in [0.15, 0.2) is 17.3 Å². The SMILES string of the molecule is COc1ccc([C@H]2NC(=O)NC(C)=C2C(=O)c2ccccc2)cc1OCc1ccccc1. The number of carbonyl (C=O) groups is 2. The van der Waals surface area contributed by atoms with Crippen molar-refractivity contribution in [3.63, 3.8) is 0 Å². The smallest absolute Gasteiger partial charge is 0.319 e. The number of carbonyl (C=O) groups excluding carboxylic acids is 2. The van der Waals surface area contributed by atoms with Gasteiger partial charge in [-0.25, -0.2) is 4.79 Å². The number of ether oxygens (including phenoxy) is 2. The fourth-order valence-electron chi connectivity index (χ4n) is 3.71. The molecule has 4 rings (SSSR count). The monoisotopic (exact) mass is 428 g/mol. The lowest BCUT2D eigenvalue weighted by molar-refractivity contribution is 0.102. The second-order valence-corrected chi connectivity index (χ2v) is 7.45. The van der Waals surface area contributed by atoms with Crippen molar-refractivity contribution in [3.05, 3.63) is 107 Å². The molecule has 0 spiro atoms. The number of ketones is 1. The van der Waals surface area contributed by atoms with Gasteiger partial charge in [-0.2, -0.15) is 0 Å². The first-order valence-electron chi connectivity index (χ1n) is 10.3. The summed E-state index contributed by atoms with van der Waals surface area (Å²) < 4.78 is 11.5. The molecule has 6 nitrogen and oxygen atoms in total. The molecule has 0 aliphatic carbocycles. The van der Waals surface area contributed by atoms with Gasteiger partial charge in [0.2, 0.25) is 0 Å². The van der Waals surface area contributed by atoms with E-state index in [-0.39, 0.29) is 11.8 Å². The van der Waals surface area contributed by atoms with Gasteiger partial charge >= 0.3 is 6.03 Å². The Morgan fingerprint density at radius 2 is 1.62 bits per heavy atom. The Hall–Kier alpha value is -4.06. The summed E-state index contributed by atoms with van der Waals surface area (Å²) in [6.45, 7) is 2.10. The van der Waals surface area contributed by atoms with Crippen LogP contribution in [0.4, 0.5) is 4.79 Å². The molecule has 1 aliphatic heterocycles. The number of hydrogen-bond acceptors (Lipinski definition) is 4. The summed E-state index contributed by atoms with van der Waals surface area (Å²) in [5, 5.41) is 5.59. The summed E-state index contributed by atoms with van der Waals surface area (Å²) >= 11 is 0. The minimum atomic E-state index is -0.624. The topological polar surface area (TPSA) is 76.7 Å². The second kappa shape index (κ2) is 9.39. The quantitative estimate of drug-likeness (QED) is 0.531. The summed E-state index contributed by atoms with van der Waals surface area (Å²) in [6, 6.07) is 23.3. The van der Waals surface area contributed by atoms with E-state index in [4.69, 9.17) is 9.47 Å². The molecule has 162 valence electrons. The highest BCUT2D eigenvalue weighted by Gasteiger charge is 2.32. The van der Waals surface area contributed by atoms with Crippen LogP contribution in [0, 0.1) is 0 Å². The van der Waals surface area contributed by atoms with E-state index in [0.717, 1.165) is 11.1 Å². The van der Waals surface area contributed by atoms with Crippen molar-refractivity contribution in [2.24, 2.45) is 0 Å². The molecular weight excluding hydrogens is 404 g/mol. The Bertz CT molecular complexity index is 1160. The standard InChI is InChI=1S/C26H24N2O4/c1-17-23(25(29)19-11-7-4-8-12-19)24(28-26(30)27-17)20-13-14-21(31-2)22(15-20)32-16-18-9-5-3-6-10-18/h3-15,24H,16H2,1-2H3,(H2,27,28,30)/t24-/m1/s1. The molecule has 0 saturated carbocycles. The number of benzene rings is 3. The lowest BCUT2D eigenvalue weighted by atomic mass is 9.89. The first-order chi connectivity index (χ1) is 15.6. The average molecular weight is 428 g/mol. The highest BCUT2D eigenvalue weighted by molar-refractivity contribution is 6.11. The molecule has 0 saturated heterocycles. The Balaban J connectivity index is 1.69. The van der Waals surface area contributed by atoms with Crippen molar-refractivity contribution in [1.29, 1.82) is 0 Å². The van der Waals surface area contributed by atoms with E-state index < -0.39 is 6.04 Å². The fourth-order valence-corrected chi connectivity index (χ4v) is 3.71. The summed E-state index contributed by atoms with van der Waals surface area (Å²) in [5.74, 6) is 0.954. The molecule has 3 aromatic rings. The van der Waals surface area contributed by atoms with Gasteiger partial charge in [-0.1, -0.05) is 66.7 Å². The maximum Gasteiger partial charge on any atom is 0.319 e. The Labute approximate surface area is 186 Å². The maximum atomic E-state index is 13.3. The van der Waals surface area contributed by atoms with E-state index in [9.17, 15) is 9.59 Å². The number of allylic oxidation sites excluding steroid dienone is 1. The molecule has 2 N–H and O–H groups in total. The molecule has 2 amide bonds. The molecule has 0 aromatic heterocycles. The van der Waals surface area contributed by atoms with Gasteiger partial charge in [0, 0.05) is 16.8 Å². The number of amides is 2. The molecule has 6 heteroatoms. The van der Waals surface area contributed by atoms with E-state index >= 15 is 0 Å². The molecule has 1 heterocycles.